The van der Waals surface area contributed by atoms with Crippen molar-refractivity contribution in [1.29, 1.82) is 0 Å². The fourth-order valence-electron chi connectivity index (χ4n) is 3.07. The average molecular weight is 350 g/mol. The summed E-state index contributed by atoms with van der Waals surface area (Å²) in [5.74, 6) is 0.0405. The molecule has 1 unspecified atom stereocenters. The molecule has 3 rings (SSSR count). The highest BCUT2D eigenvalue weighted by Crippen LogP contribution is 2.30. The molecular weight excluding hydrogens is 326 g/mol. The van der Waals surface area contributed by atoms with E-state index in [1.807, 2.05) is 24.3 Å². The first-order valence-corrected chi connectivity index (χ1v) is 8.00. The van der Waals surface area contributed by atoms with E-state index in [0.717, 1.165) is 30.6 Å². The van der Waals surface area contributed by atoms with E-state index in [2.05, 4.69) is 34.6 Å². The molecule has 0 radical (unpaired) electrons. The number of halogens is 1. The van der Waals surface area contributed by atoms with Gasteiger partial charge in [0.2, 0.25) is 5.91 Å². The SMILES string of the molecule is CC1(C)CCCNC1C(=O)Nc1ccc(Cn2cncn2)cc1.Cl. The van der Waals surface area contributed by atoms with E-state index >= 15 is 0 Å². The van der Waals surface area contributed by atoms with Crippen molar-refractivity contribution in [3.05, 3.63) is 42.5 Å². The smallest absolute Gasteiger partial charge is 0.242 e. The Balaban J connectivity index is 0.00000208. The van der Waals surface area contributed by atoms with Crippen molar-refractivity contribution < 1.29 is 4.79 Å². The van der Waals surface area contributed by atoms with Gasteiger partial charge in [0.05, 0.1) is 12.6 Å². The van der Waals surface area contributed by atoms with Gasteiger partial charge in [0.25, 0.3) is 0 Å². The lowest BCUT2D eigenvalue weighted by Gasteiger charge is -2.38. The molecule has 24 heavy (non-hydrogen) atoms. The molecule has 6 nitrogen and oxygen atoms in total. The molecule has 0 bridgehead atoms. The van der Waals surface area contributed by atoms with E-state index in [1.165, 1.54) is 6.33 Å². The minimum absolute atomic E-state index is 0. The number of hydrogen-bond donors (Lipinski definition) is 2. The van der Waals surface area contributed by atoms with Gasteiger partial charge in [-0.3, -0.25) is 4.79 Å². The third kappa shape index (κ3) is 4.33. The minimum atomic E-state index is -0.147. The molecule has 1 atom stereocenters. The minimum Gasteiger partial charge on any atom is -0.325 e. The molecule has 1 saturated heterocycles. The van der Waals surface area contributed by atoms with Crippen LogP contribution in [0, 0.1) is 5.41 Å². The van der Waals surface area contributed by atoms with Crippen LogP contribution < -0.4 is 10.6 Å². The maximum Gasteiger partial charge on any atom is 0.242 e. The number of carbonyl (C=O) groups excluding carboxylic acids is 1. The van der Waals surface area contributed by atoms with Crippen LogP contribution in [0.5, 0.6) is 0 Å². The molecule has 1 aliphatic heterocycles. The van der Waals surface area contributed by atoms with Gasteiger partial charge < -0.3 is 10.6 Å². The summed E-state index contributed by atoms with van der Waals surface area (Å²) in [5, 5.41) is 10.4. The Kier molecular flexibility index (Phi) is 5.96. The first-order chi connectivity index (χ1) is 11.0. The molecule has 1 aromatic carbocycles. The molecule has 1 aliphatic rings. The zero-order valence-electron chi connectivity index (χ0n) is 14.0. The fraction of sp³-hybridized carbons (Fsp3) is 0.471. The van der Waals surface area contributed by atoms with Crippen molar-refractivity contribution in [3.8, 4) is 0 Å². The highest BCUT2D eigenvalue weighted by Gasteiger charge is 2.36. The third-order valence-electron chi connectivity index (χ3n) is 4.42. The second-order valence-corrected chi connectivity index (χ2v) is 6.76. The summed E-state index contributed by atoms with van der Waals surface area (Å²) in [6.45, 7) is 5.86. The van der Waals surface area contributed by atoms with Crippen molar-refractivity contribution in [3.63, 3.8) is 0 Å². The fourth-order valence-corrected chi connectivity index (χ4v) is 3.07. The van der Waals surface area contributed by atoms with Crippen molar-refractivity contribution in [2.75, 3.05) is 11.9 Å². The number of hydrogen-bond acceptors (Lipinski definition) is 4. The number of anilines is 1. The Morgan fingerprint density at radius 3 is 2.75 bits per heavy atom. The first kappa shape index (κ1) is 18.4. The number of amides is 1. The molecule has 1 fully saturated rings. The van der Waals surface area contributed by atoms with Gasteiger partial charge in [0, 0.05) is 5.69 Å². The Morgan fingerprint density at radius 1 is 1.38 bits per heavy atom. The van der Waals surface area contributed by atoms with Crippen LogP contribution in [0.4, 0.5) is 5.69 Å². The summed E-state index contributed by atoms with van der Waals surface area (Å²) >= 11 is 0. The largest absolute Gasteiger partial charge is 0.325 e. The van der Waals surface area contributed by atoms with Crippen LogP contribution in [-0.4, -0.2) is 33.3 Å². The zero-order chi connectivity index (χ0) is 16.3. The Morgan fingerprint density at radius 2 is 2.12 bits per heavy atom. The molecule has 0 saturated carbocycles. The molecule has 7 heteroatoms. The van der Waals surface area contributed by atoms with E-state index < -0.39 is 0 Å². The molecule has 0 aliphatic carbocycles. The number of nitrogens with zero attached hydrogens (tertiary/aromatic N) is 3. The summed E-state index contributed by atoms with van der Waals surface area (Å²) in [5.41, 5.74) is 1.92. The molecule has 0 spiro atoms. The van der Waals surface area contributed by atoms with Gasteiger partial charge in [-0.1, -0.05) is 26.0 Å². The molecule has 2 N–H and O–H groups in total. The molecule has 2 aromatic rings. The monoisotopic (exact) mass is 349 g/mol. The number of carbonyl (C=O) groups is 1. The van der Waals surface area contributed by atoms with Gasteiger partial charge in [0.15, 0.2) is 0 Å². The van der Waals surface area contributed by atoms with E-state index in [-0.39, 0.29) is 29.8 Å². The summed E-state index contributed by atoms with van der Waals surface area (Å²) in [7, 11) is 0. The molecule has 130 valence electrons. The van der Waals surface area contributed by atoms with Gasteiger partial charge >= 0.3 is 0 Å². The number of aromatic nitrogens is 3. The van der Waals surface area contributed by atoms with Crippen molar-refractivity contribution in [2.45, 2.75) is 39.3 Å². The van der Waals surface area contributed by atoms with Crippen molar-refractivity contribution in [2.24, 2.45) is 5.41 Å². The predicted octanol–water partition coefficient (Wildman–Crippen LogP) is 2.46. The van der Waals surface area contributed by atoms with E-state index in [9.17, 15) is 4.79 Å². The third-order valence-corrected chi connectivity index (χ3v) is 4.42. The van der Waals surface area contributed by atoms with Gasteiger partial charge in [-0.15, -0.1) is 12.4 Å². The van der Waals surface area contributed by atoms with E-state index in [0.29, 0.717) is 6.54 Å². The van der Waals surface area contributed by atoms with Crippen LogP contribution in [0.3, 0.4) is 0 Å². The lowest BCUT2D eigenvalue weighted by molar-refractivity contribution is -0.121. The van der Waals surface area contributed by atoms with E-state index in [1.54, 1.807) is 11.0 Å². The van der Waals surface area contributed by atoms with Gasteiger partial charge in [-0.2, -0.15) is 5.10 Å². The number of rotatable bonds is 4. The Labute approximate surface area is 148 Å². The van der Waals surface area contributed by atoms with Crippen LogP contribution in [0.1, 0.15) is 32.3 Å². The molecule has 1 amide bonds. The highest BCUT2D eigenvalue weighted by atomic mass is 35.5. The maximum absolute atomic E-state index is 12.5. The summed E-state index contributed by atoms with van der Waals surface area (Å²) in [6.07, 6.45) is 5.39. The predicted molar refractivity (Wildman–Crippen MR) is 96.2 cm³/mol. The average Bonchev–Trinajstić information content (AvgIpc) is 3.01. The van der Waals surface area contributed by atoms with Gasteiger partial charge in [0.1, 0.15) is 12.7 Å². The number of nitrogens with one attached hydrogen (secondary N) is 2. The summed E-state index contributed by atoms with van der Waals surface area (Å²) < 4.78 is 1.77. The first-order valence-electron chi connectivity index (χ1n) is 8.00. The standard InChI is InChI=1S/C17H23N5O.ClH/c1-17(2)8-3-9-19-15(17)16(23)21-14-6-4-13(5-7-14)10-22-12-18-11-20-22;/h4-7,11-12,15,19H,3,8-10H2,1-2H3,(H,21,23);1H. The van der Waals surface area contributed by atoms with Crippen LogP contribution in [0.2, 0.25) is 0 Å². The molecule has 2 heterocycles. The van der Waals surface area contributed by atoms with Crippen molar-refractivity contribution in [1.82, 2.24) is 20.1 Å². The number of piperidine rings is 1. The Bertz CT molecular complexity index is 654. The van der Waals surface area contributed by atoms with Crippen LogP contribution in [0.15, 0.2) is 36.9 Å². The second-order valence-electron chi connectivity index (χ2n) is 6.76. The van der Waals surface area contributed by atoms with Crippen molar-refractivity contribution >= 4 is 24.0 Å². The van der Waals surface area contributed by atoms with E-state index in [4.69, 9.17) is 0 Å². The lowest BCUT2D eigenvalue weighted by atomic mass is 9.77. The summed E-state index contributed by atoms with van der Waals surface area (Å²) in [6, 6.07) is 7.71. The van der Waals surface area contributed by atoms with Gasteiger partial charge in [-0.05, 0) is 42.5 Å². The number of benzene rings is 1. The summed E-state index contributed by atoms with van der Waals surface area (Å²) in [4.78, 5) is 16.5. The highest BCUT2D eigenvalue weighted by molar-refractivity contribution is 5.95. The normalized spacial score (nSPS) is 19.3. The lowest BCUT2D eigenvalue weighted by Crippen LogP contribution is -2.53. The molecule has 1 aromatic heterocycles. The Hall–Kier alpha value is -1.92. The van der Waals surface area contributed by atoms with Crippen LogP contribution >= 0.6 is 12.4 Å². The maximum atomic E-state index is 12.5. The van der Waals surface area contributed by atoms with Gasteiger partial charge in [-0.25, -0.2) is 9.67 Å². The van der Waals surface area contributed by atoms with Crippen LogP contribution in [0.25, 0.3) is 0 Å². The topological polar surface area (TPSA) is 71.8 Å². The molecular formula is C17H24ClN5O. The quantitative estimate of drug-likeness (QED) is 0.889. The second kappa shape index (κ2) is 7.77. The van der Waals surface area contributed by atoms with Crippen LogP contribution in [-0.2, 0) is 11.3 Å². The zero-order valence-corrected chi connectivity index (χ0v) is 14.8.